The van der Waals surface area contributed by atoms with Crippen LogP contribution in [-0.4, -0.2) is 50.1 Å². The van der Waals surface area contributed by atoms with Crippen LogP contribution in [0.15, 0.2) is 12.2 Å². The Hall–Kier alpha value is -0.920. The van der Waals surface area contributed by atoms with Gasteiger partial charge in [-0.2, -0.15) is 8.42 Å². The minimum absolute atomic E-state index is 0.147. The Morgan fingerprint density at radius 1 is 1.47 bits per heavy atom. The lowest BCUT2D eigenvalue weighted by Gasteiger charge is -2.26. The average molecular weight is 241 g/mol. The van der Waals surface area contributed by atoms with Gasteiger partial charge >= 0.3 is 16.1 Å². The number of nitrogens with zero attached hydrogens (tertiary/aromatic N) is 1. The predicted octanol–water partition coefficient (Wildman–Crippen LogP) is -0.0151. The van der Waals surface area contributed by atoms with Crippen LogP contribution in [0.1, 0.15) is 6.92 Å². The van der Waals surface area contributed by atoms with Crippen molar-refractivity contribution < 1.29 is 27.0 Å². The van der Waals surface area contributed by atoms with Gasteiger partial charge in [0, 0.05) is 5.57 Å². The van der Waals surface area contributed by atoms with Crippen LogP contribution < -0.4 is 0 Å². The molecule has 0 atom stereocenters. The van der Waals surface area contributed by atoms with Crippen LogP contribution in [0.2, 0.25) is 0 Å². The summed E-state index contributed by atoms with van der Waals surface area (Å²) in [4.78, 5) is 11.0. The molecule has 0 rings (SSSR count). The van der Waals surface area contributed by atoms with E-state index in [1.807, 2.05) is 0 Å². The van der Waals surface area contributed by atoms with E-state index in [0.717, 1.165) is 0 Å². The van der Waals surface area contributed by atoms with Crippen molar-refractivity contribution in [1.29, 1.82) is 0 Å². The number of rotatable bonds is 5. The highest BCUT2D eigenvalue weighted by Gasteiger charge is 2.24. The molecule has 0 fully saturated rings. The maximum absolute atomic E-state index is 11.0. The van der Waals surface area contributed by atoms with Gasteiger partial charge in [0.05, 0.1) is 14.1 Å². The van der Waals surface area contributed by atoms with Crippen LogP contribution in [-0.2, 0) is 19.6 Å². The highest BCUT2D eigenvalue weighted by Crippen LogP contribution is 2.03. The van der Waals surface area contributed by atoms with Crippen molar-refractivity contribution in [1.82, 2.24) is 0 Å². The van der Waals surface area contributed by atoms with Gasteiger partial charge in [-0.1, -0.05) is 6.58 Å². The lowest BCUT2D eigenvalue weighted by atomic mass is 10.4. The van der Waals surface area contributed by atoms with E-state index in [2.05, 4.69) is 6.58 Å². The van der Waals surface area contributed by atoms with Gasteiger partial charge in [-0.05, 0) is 6.92 Å². The summed E-state index contributed by atoms with van der Waals surface area (Å²) in [7, 11) is -1.06. The smallest absolute Gasteiger partial charge is 0.337 e. The summed E-state index contributed by atoms with van der Waals surface area (Å²) in [6, 6.07) is 0. The van der Waals surface area contributed by atoms with Crippen molar-refractivity contribution in [3.8, 4) is 0 Å². The first-order valence-electron chi connectivity index (χ1n) is 4.13. The van der Waals surface area contributed by atoms with Crippen molar-refractivity contribution in [3.63, 3.8) is 0 Å². The molecule has 88 valence electrons. The maximum atomic E-state index is 11.0. The van der Waals surface area contributed by atoms with Crippen molar-refractivity contribution in [2.75, 3.05) is 26.7 Å². The summed E-state index contributed by atoms with van der Waals surface area (Å²) in [6.45, 7) is 4.73. The molecule has 0 aromatic heterocycles. The molecule has 0 bridgehead atoms. The normalized spacial score (nSPS) is 12.3. The van der Waals surface area contributed by atoms with E-state index in [0.29, 0.717) is 0 Å². The monoisotopic (exact) mass is 241 g/mol. The fourth-order valence-corrected chi connectivity index (χ4v) is 1.79. The predicted molar refractivity (Wildman–Crippen MR) is 54.3 cm³/mol. The summed E-state index contributed by atoms with van der Waals surface area (Å²) < 4.78 is 34.4. The fourth-order valence-electron chi connectivity index (χ4n) is 0.835. The van der Waals surface area contributed by atoms with Crippen LogP contribution in [0.3, 0.4) is 0 Å². The molecule has 0 spiro atoms. The summed E-state index contributed by atoms with van der Waals surface area (Å²) in [5, 5.41) is 0. The van der Waals surface area contributed by atoms with Gasteiger partial charge < -0.3 is 4.74 Å². The minimum Gasteiger partial charge on any atom is -0.412 e. The van der Waals surface area contributed by atoms with Gasteiger partial charge in [0.15, 0.2) is 0 Å². The van der Waals surface area contributed by atoms with Gasteiger partial charge in [0.25, 0.3) is 0 Å². The molecule has 7 heteroatoms. The third kappa shape index (κ3) is 7.06. The summed E-state index contributed by atoms with van der Waals surface area (Å²) >= 11 is 0. The zero-order chi connectivity index (χ0) is 12.3. The molecule has 0 aromatic rings. The second-order valence-electron chi connectivity index (χ2n) is 3.99. The van der Waals surface area contributed by atoms with E-state index in [4.69, 9.17) is 9.29 Å². The van der Waals surface area contributed by atoms with E-state index >= 15 is 0 Å². The lowest BCUT2D eigenvalue weighted by molar-refractivity contribution is -0.896. The molecule has 0 amide bonds. The average Bonchev–Trinajstić information content (AvgIpc) is 1.95. The molecule has 0 saturated carbocycles. The highest BCUT2D eigenvalue weighted by molar-refractivity contribution is 7.85. The van der Waals surface area contributed by atoms with Gasteiger partial charge in [-0.3, -0.25) is 9.04 Å². The Morgan fingerprint density at radius 3 is 2.27 bits per heavy atom. The number of carbonyl (C=O) groups is 1. The van der Waals surface area contributed by atoms with Crippen LogP contribution in [0.5, 0.6) is 0 Å². The van der Waals surface area contributed by atoms with E-state index in [-0.39, 0.29) is 16.8 Å². The first-order chi connectivity index (χ1) is 6.53. The first-order valence-corrected chi connectivity index (χ1v) is 5.74. The third-order valence-electron chi connectivity index (χ3n) is 1.41. The summed E-state index contributed by atoms with van der Waals surface area (Å²) in [6.07, 6.45) is 0. The van der Waals surface area contributed by atoms with Crippen molar-refractivity contribution in [2.24, 2.45) is 0 Å². The molecule has 15 heavy (non-hydrogen) atoms. The van der Waals surface area contributed by atoms with Gasteiger partial charge in [-0.15, -0.1) is 0 Å². The Kier molecular flexibility index (Phi) is 4.44. The summed E-state index contributed by atoms with van der Waals surface area (Å²) in [5.41, 5.74) is 0.238. The maximum Gasteiger partial charge on any atom is 0.337 e. The Bertz CT molecular complexity index is 357. The van der Waals surface area contributed by atoms with Crippen LogP contribution in [0, 0.1) is 0 Å². The lowest BCUT2D eigenvalue weighted by Crippen LogP contribution is -2.45. The largest absolute Gasteiger partial charge is 0.412 e. The minimum atomic E-state index is -4.09. The number of esters is 1. The van der Waals surface area contributed by atoms with E-state index in [1.54, 1.807) is 0 Å². The quantitative estimate of drug-likeness (QED) is 0.139. The van der Waals surface area contributed by atoms with Crippen molar-refractivity contribution in [2.45, 2.75) is 6.92 Å². The Morgan fingerprint density at radius 2 is 1.93 bits per heavy atom. The van der Waals surface area contributed by atoms with Crippen molar-refractivity contribution in [3.05, 3.63) is 12.2 Å². The van der Waals surface area contributed by atoms with Gasteiger partial charge in [0.2, 0.25) is 12.6 Å². The third-order valence-corrected chi connectivity index (χ3v) is 2.43. The number of quaternary nitrogens is 1. The molecule has 0 aliphatic carbocycles. The van der Waals surface area contributed by atoms with Crippen molar-refractivity contribution >= 4 is 16.1 Å². The molecule has 0 aliphatic heterocycles. The Balaban J connectivity index is 4.28. The van der Waals surface area contributed by atoms with Gasteiger partial charge in [-0.25, -0.2) is 4.79 Å². The Labute approximate surface area is 89.5 Å². The standard InChI is InChI=1S/C8H15NO5S/c1-7(2)8(10)14-5-9(3,4)6-15(11,12)13/h1,5-6H2,2-4H3/p+1/i3+1,4+1,9+1. The SMILES string of the molecule is C=C(C)C(=O)OC[15N+]([13CH3])([13CH3])CS(=O)(=O)O. The van der Waals surface area contributed by atoms with Crippen LogP contribution in [0.25, 0.3) is 0 Å². The van der Waals surface area contributed by atoms with Crippen LogP contribution in [0.4, 0.5) is 0 Å². The molecular formula is C8H16NO5S+. The molecule has 1 N–H and O–H groups in total. The van der Waals surface area contributed by atoms with Gasteiger partial charge in [0.1, 0.15) is 0 Å². The zero-order valence-electron chi connectivity index (χ0n) is 9.06. The molecule has 6 nitrogen and oxygen atoms in total. The summed E-state index contributed by atoms with van der Waals surface area (Å²) in [5.74, 6) is -1.10. The zero-order valence-corrected chi connectivity index (χ0v) is 9.87. The highest BCUT2D eigenvalue weighted by atomic mass is 32.2. The number of hydrogen-bond acceptors (Lipinski definition) is 4. The molecule has 0 unspecified atom stereocenters. The second kappa shape index (κ2) is 4.73. The molecule has 0 heterocycles. The molecular weight excluding hydrogens is 225 g/mol. The van der Waals surface area contributed by atoms with Crippen LogP contribution >= 0.6 is 0 Å². The van der Waals surface area contributed by atoms with E-state index in [9.17, 15) is 13.2 Å². The number of hydrogen-bond donors (Lipinski definition) is 1. The molecule has 0 aromatic carbocycles. The fraction of sp³-hybridized carbons (Fsp3) is 0.625. The molecule has 0 saturated heterocycles. The van der Waals surface area contributed by atoms with E-state index in [1.165, 1.54) is 21.0 Å². The second-order valence-corrected chi connectivity index (χ2v) is 5.41. The number of carbonyl (C=O) groups excluding carboxylic acids is 1. The molecule has 0 radical (unpaired) electrons. The first kappa shape index (κ1) is 14.1. The molecule has 0 aliphatic rings. The number of ether oxygens (including phenoxy) is 1. The van der Waals surface area contributed by atoms with E-state index < -0.39 is 22.0 Å². The topological polar surface area (TPSA) is 80.7 Å².